The van der Waals surface area contributed by atoms with Gasteiger partial charge in [0.05, 0.1) is 19.7 Å². The average Bonchev–Trinajstić information content (AvgIpc) is 3.33. The molecule has 1 saturated carbocycles. The molecule has 0 unspecified atom stereocenters. The van der Waals surface area contributed by atoms with Crippen LogP contribution in [0.5, 0.6) is 5.88 Å². The standard InChI is InChI=1S/C16H22N4O.HI/c1-3-9-18-16(17-4-2)20-11-14-7-8-15(19-10-14)21-12-13-5-6-13;/h1,7-8,10,13H,4-6,9,11-12H2,2H3,(H2,17,18,20);1H. The Labute approximate surface area is 149 Å². The largest absolute Gasteiger partial charge is 0.477 e. The molecule has 22 heavy (non-hydrogen) atoms. The van der Waals surface area contributed by atoms with Crippen molar-refractivity contribution in [2.75, 3.05) is 19.7 Å². The van der Waals surface area contributed by atoms with Gasteiger partial charge in [-0.15, -0.1) is 30.4 Å². The van der Waals surface area contributed by atoms with Gasteiger partial charge in [-0.3, -0.25) is 0 Å². The minimum atomic E-state index is 0. The zero-order valence-electron chi connectivity index (χ0n) is 12.8. The topological polar surface area (TPSA) is 58.5 Å². The Kier molecular flexibility index (Phi) is 8.67. The first-order valence-corrected chi connectivity index (χ1v) is 7.35. The smallest absolute Gasteiger partial charge is 0.213 e. The summed E-state index contributed by atoms with van der Waals surface area (Å²) in [6.45, 7) is 4.60. The molecule has 0 spiro atoms. The van der Waals surface area contributed by atoms with Gasteiger partial charge in [-0.05, 0) is 31.2 Å². The summed E-state index contributed by atoms with van der Waals surface area (Å²) in [4.78, 5) is 8.75. The number of hydrogen-bond acceptors (Lipinski definition) is 3. The second-order valence-corrected chi connectivity index (χ2v) is 5.01. The molecule has 5 nitrogen and oxygen atoms in total. The summed E-state index contributed by atoms with van der Waals surface area (Å²) in [5.41, 5.74) is 1.03. The summed E-state index contributed by atoms with van der Waals surface area (Å²) in [5.74, 6) is 4.67. The number of terminal acetylenes is 1. The van der Waals surface area contributed by atoms with Gasteiger partial charge in [0.1, 0.15) is 0 Å². The second-order valence-electron chi connectivity index (χ2n) is 5.01. The first-order valence-electron chi connectivity index (χ1n) is 7.35. The fraction of sp³-hybridized carbons (Fsp3) is 0.500. The molecule has 0 amide bonds. The van der Waals surface area contributed by atoms with Crippen LogP contribution in [0, 0.1) is 18.3 Å². The van der Waals surface area contributed by atoms with Gasteiger partial charge in [0.25, 0.3) is 0 Å². The summed E-state index contributed by atoms with van der Waals surface area (Å²) in [6.07, 6.45) is 9.60. The molecule has 2 rings (SSSR count). The lowest BCUT2D eigenvalue weighted by Crippen LogP contribution is -2.37. The Hall–Kier alpha value is -1.49. The maximum absolute atomic E-state index is 5.61. The predicted octanol–water partition coefficient (Wildman–Crippen LogP) is 2.18. The van der Waals surface area contributed by atoms with Gasteiger partial charge in [0.2, 0.25) is 5.88 Å². The van der Waals surface area contributed by atoms with Crippen LogP contribution in [0.3, 0.4) is 0 Å². The van der Waals surface area contributed by atoms with E-state index in [2.05, 4.69) is 26.5 Å². The number of aromatic nitrogens is 1. The van der Waals surface area contributed by atoms with E-state index in [0.29, 0.717) is 24.9 Å². The van der Waals surface area contributed by atoms with Crippen molar-refractivity contribution >= 4 is 29.9 Å². The van der Waals surface area contributed by atoms with Crippen molar-refractivity contribution < 1.29 is 4.74 Å². The van der Waals surface area contributed by atoms with E-state index in [-0.39, 0.29) is 24.0 Å². The Morgan fingerprint density at radius 2 is 2.27 bits per heavy atom. The van der Waals surface area contributed by atoms with Gasteiger partial charge in [-0.1, -0.05) is 12.0 Å². The third kappa shape index (κ3) is 6.98. The first kappa shape index (κ1) is 18.6. The summed E-state index contributed by atoms with van der Waals surface area (Å²) < 4.78 is 5.61. The van der Waals surface area contributed by atoms with Crippen LogP contribution < -0.4 is 15.4 Å². The predicted molar refractivity (Wildman–Crippen MR) is 99.5 cm³/mol. The van der Waals surface area contributed by atoms with Gasteiger partial charge in [0, 0.05) is 18.8 Å². The van der Waals surface area contributed by atoms with Crippen molar-refractivity contribution in [3.63, 3.8) is 0 Å². The van der Waals surface area contributed by atoms with Crippen molar-refractivity contribution in [3.05, 3.63) is 23.9 Å². The number of halogens is 1. The maximum atomic E-state index is 5.61. The molecule has 0 saturated heterocycles. The van der Waals surface area contributed by atoms with E-state index in [0.717, 1.165) is 24.6 Å². The zero-order valence-corrected chi connectivity index (χ0v) is 15.2. The highest BCUT2D eigenvalue weighted by atomic mass is 127. The Morgan fingerprint density at radius 1 is 1.45 bits per heavy atom. The lowest BCUT2D eigenvalue weighted by atomic mass is 10.3. The van der Waals surface area contributed by atoms with Gasteiger partial charge >= 0.3 is 0 Å². The lowest BCUT2D eigenvalue weighted by Gasteiger charge is -2.09. The van der Waals surface area contributed by atoms with Crippen LogP contribution in [0.4, 0.5) is 0 Å². The summed E-state index contributed by atoms with van der Waals surface area (Å²) in [6, 6.07) is 3.89. The molecule has 6 heteroatoms. The van der Waals surface area contributed by atoms with E-state index in [1.807, 2.05) is 19.1 Å². The van der Waals surface area contributed by atoms with E-state index in [9.17, 15) is 0 Å². The average molecular weight is 414 g/mol. The molecule has 1 heterocycles. The fourth-order valence-electron chi connectivity index (χ4n) is 1.72. The van der Waals surface area contributed by atoms with Crippen LogP contribution in [0.1, 0.15) is 25.3 Å². The van der Waals surface area contributed by atoms with E-state index >= 15 is 0 Å². The summed E-state index contributed by atoms with van der Waals surface area (Å²) in [5, 5.41) is 6.19. The van der Waals surface area contributed by atoms with Crippen LogP contribution in [-0.4, -0.2) is 30.6 Å². The van der Waals surface area contributed by atoms with E-state index < -0.39 is 0 Å². The van der Waals surface area contributed by atoms with Gasteiger partial charge in [-0.25, -0.2) is 9.98 Å². The van der Waals surface area contributed by atoms with Crippen LogP contribution >= 0.6 is 24.0 Å². The lowest BCUT2D eigenvalue weighted by molar-refractivity contribution is 0.288. The molecular weight excluding hydrogens is 391 g/mol. The van der Waals surface area contributed by atoms with Crippen LogP contribution in [0.25, 0.3) is 0 Å². The first-order chi connectivity index (χ1) is 10.3. The summed E-state index contributed by atoms with van der Waals surface area (Å²) in [7, 11) is 0. The van der Waals surface area contributed by atoms with Crippen molar-refractivity contribution in [1.82, 2.24) is 15.6 Å². The van der Waals surface area contributed by atoms with Crippen LogP contribution in [0.15, 0.2) is 23.3 Å². The van der Waals surface area contributed by atoms with Crippen molar-refractivity contribution in [2.24, 2.45) is 10.9 Å². The fourth-order valence-corrected chi connectivity index (χ4v) is 1.72. The SMILES string of the molecule is C#CCNC(=NCc1ccc(OCC2CC2)nc1)NCC.I. The van der Waals surface area contributed by atoms with Gasteiger partial charge < -0.3 is 15.4 Å². The minimum absolute atomic E-state index is 0. The van der Waals surface area contributed by atoms with Gasteiger partial charge in [-0.2, -0.15) is 0 Å². The molecule has 0 aromatic carbocycles. The minimum Gasteiger partial charge on any atom is -0.477 e. The molecule has 1 aliphatic rings. The quantitative estimate of drug-likeness (QED) is 0.311. The highest BCUT2D eigenvalue weighted by Crippen LogP contribution is 2.29. The molecule has 1 aromatic rings. The molecule has 0 radical (unpaired) electrons. The second kappa shape index (κ2) is 10.3. The number of hydrogen-bond donors (Lipinski definition) is 2. The normalized spacial score (nSPS) is 13.7. The van der Waals surface area contributed by atoms with Crippen molar-refractivity contribution in [2.45, 2.75) is 26.3 Å². The third-order valence-electron chi connectivity index (χ3n) is 3.08. The molecule has 1 aliphatic carbocycles. The molecule has 0 atom stereocenters. The number of pyridine rings is 1. The van der Waals surface area contributed by atoms with Crippen LogP contribution in [-0.2, 0) is 6.54 Å². The zero-order chi connectivity index (χ0) is 14.9. The molecule has 1 fully saturated rings. The van der Waals surface area contributed by atoms with Crippen LogP contribution in [0.2, 0.25) is 0 Å². The number of rotatable bonds is 7. The molecule has 2 N–H and O–H groups in total. The number of aliphatic imine (C=N–C) groups is 1. The highest BCUT2D eigenvalue weighted by Gasteiger charge is 2.21. The van der Waals surface area contributed by atoms with E-state index in [1.165, 1.54) is 12.8 Å². The number of nitrogens with one attached hydrogen (secondary N) is 2. The van der Waals surface area contributed by atoms with E-state index in [4.69, 9.17) is 11.2 Å². The Morgan fingerprint density at radius 3 is 2.86 bits per heavy atom. The molecule has 0 aliphatic heterocycles. The number of guanidine groups is 1. The number of nitrogens with zero attached hydrogens (tertiary/aromatic N) is 2. The molecule has 120 valence electrons. The molecular formula is C16H23IN4O. The van der Waals surface area contributed by atoms with Crippen molar-refractivity contribution in [1.29, 1.82) is 0 Å². The highest BCUT2D eigenvalue weighted by molar-refractivity contribution is 14.0. The summed E-state index contributed by atoms with van der Waals surface area (Å²) >= 11 is 0. The third-order valence-corrected chi connectivity index (χ3v) is 3.08. The number of ether oxygens (including phenoxy) is 1. The maximum Gasteiger partial charge on any atom is 0.213 e. The molecule has 1 aromatic heterocycles. The Balaban J connectivity index is 0.00000242. The van der Waals surface area contributed by atoms with E-state index in [1.54, 1.807) is 6.20 Å². The van der Waals surface area contributed by atoms with Gasteiger partial charge in [0.15, 0.2) is 5.96 Å². The Bertz CT molecular complexity index is 506. The molecule has 0 bridgehead atoms. The monoisotopic (exact) mass is 414 g/mol. The van der Waals surface area contributed by atoms with Crippen molar-refractivity contribution in [3.8, 4) is 18.2 Å².